The van der Waals surface area contributed by atoms with Crippen LogP contribution in [0.25, 0.3) is 0 Å². The van der Waals surface area contributed by atoms with Crippen LogP contribution in [0.3, 0.4) is 0 Å². The zero-order valence-corrected chi connectivity index (χ0v) is 52.4. The largest absolute Gasteiger partial charge is 0.472 e. The van der Waals surface area contributed by atoms with E-state index in [-0.39, 0.29) is 25.7 Å². The second-order valence-electron chi connectivity index (χ2n) is 22.5. The molecule has 0 heterocycles. The summed E-state index contributed by atoms with van der Waals surface area (Å²) in [6.45, 7) is 9.30. The van der Waals surface area contributed by atoms with Crippen molar-refractivity contribution in [2.24, 2.45) is 11.8 Å². The van der Waals surface area contributed by atoms with Gasteiger partial charge in [-0.3, -0.25) is 37.3 Å². The maximum Gasteiger partial charge on any atom is 0.472 e. The standard InChI is InChI=1S/C60H116O17P2/c1-7-10-12-28-36-42-57(62)70-48-55(76-59(64)44-38-29-13-11-8-2)50-74-78(66,67)72-46-54(61)47-73-79(68,69)75-51-56(49-71-58(63)43-37-32-26-23-22-25-31-35-41-53(6)9-3)77-60(65)45-39-33-27-21-19-17-15-14-16-18-20-24-30-34-40-52(4)5/h52-56,61H,7-51H2,1-6H3,(H,66,67)(H,68,69)/t53?,54-,55+,56+/m0/s1. The summed E-state index contributed by atoms with van der Waals surface area (Å²) in [5.74, 6) is -0.589. The lowest BCUT2D eigenvalue weighted by Crippen LogP contribution is -2.30. The van der Waals surface area contributed by atoms with Crippen molar-refractivity contribution in [1.29, 1.82) is 0 Å². The van der Waals surface area contributed by atoms with Gasteiger partial charge in [0, 0.05) is 25.7 Å². The lowest BCUT2D eigenvalue weighted by atomic mass is 9.99. The van der Waals surface area contributed by atoms with Gasteiger partial charge >= 0.3 is 39.5 Å². The van der Waals surface area contributed by atoms with Gasteiger partial charge in [-0.2, -0.15) is 0 Å². The zero-order valence-electron chi connectivity index (χ0n) is 50.7. The van der Waals surface area contributed by atoms with Crippen molar-refractivity contribution in [2.45, 2.75) is 310 Å². The van der Waals surface area contributed by atoms with Crippen LogP contribution < -0.4 is 0 Å². The SMILES string of the molecule is CCCCCCCC(=O)OC[C@H](COP(=O)(O)OC[C@H](O)COP(=O)(O)OC[C@@H](COC(=O)CCCCCCCCCCC(C)CC)OC(=O)CCCCCCCCCCCCCCCCC(C)C)OC(=O)CCCCCCC. The number of phosphoric acid groups is 2. The van der Waals surface area contributed by atoms with Crippen LogP contribution in [0.4, 0.5) is 0 Å². The monoisotopic (exact) mass is 1170 g/mol. The first-order valence-corrected chi connectivity index (χ1v) is 34.5. The highest BCUT2D eigenvalue weighted by Gasteiger charge is 2.30. The first-order chi connectivity index (χ1) is 37.9. The molecule has 0 amide bonds. The first-order valence-electron chi connectivity index (χ1n) is 31.5. The second kappa shape index (κ2) is 52.8. The third-order valence-electron chi connectivity index (χ3n) is 14.1. The smallest absolute Gasteiger partial charge is 0.462 e. The van der Waals surface area contributed by atoms with Crippen LogP contribution in [0.5, 0.6) is 0 Å². The number of hydrogen-bond donors (Lipinski definition) is 3. The van der Waals surface area contributed by atoms with E-state index in [0.29, 0.717) is 25.7 Å². The minimum absolute atomic E-state index is 0.0985. The fraction of sp³-hybridized carbons (Fsp3) is 0.933. The van der Waals surface area contributed by atoms with E-state index >= 15 is 0 Å². The van der Waals surface area contributed by atoms with Gasteiger partial charge in [-0.05, 0) is 37.5 Å². The molecule has 6 atom stereocenters. The molecular weight excluding hydrogens is 1050 g/mol. The quantitative estimate of drug-likeness (QED) is 0.0222. The van der Waals surface area contributed by atoms with Gasteiger partial charge in [-0.15, -0.1) is 0 Å². The predicted octanol–water partition coefficient (Wildman–Crippen LogP) is 16.1. The van der Waals surface area contributed by atoms with Crippen LogP contribution in [0.15, 0.2) is 0 Å². The molecule has 0 aromatic rings. The Labute approximate surface area is 479 Å². The molecule has 0 saturated carbocycles. The van der Waals surface area contributed by atoms with Crippen molar-refractivity contribution in [1.82, 2.24) is 0 Å². The van der Waals surface area contributed by atoms with Crippen molar-refractivity contribution in [3.05, 3.63) is 0 Å². The molecule has 468 valence electrons. The van der Waals surface area contributed by atoms with Gasteiger partial charge in [0.25, 0.3) is 0 Å². The number of carbonyl (C=O) groups excluding carboxylic acids is 4. The molecule has 3 unspecified atom stereocenters. The van der Waals surface area contributed by atoms with E-state index in [0.717, 1.165) is 108 Å². The zero-order chi connectivity index (χ0) is 58.7. The molecule has 0 aromatic heterocycles. The predicted molar refractivity (Wildman–Crippen MR) is 312 cm³/mol. The second-order valence-corrected chi connectivity index (χ2v) is 25.4. The molecule has 0 spiro atoms. The Hall–Kier alpha value is -1.94. The molecule has 0 fully saturated rings. The molecule has 0 aliphatic rings. The van der Waals surface area contributed by atoms with Crippen LogP contribution in [-0.2, 0) is 65.4 Å². The number of unbranched alkanes of at least 4 members (excludes halogenated alkanes) is 28. The molecule has 17 nitrogen and oxygen atoms in total. The molecule has 3 N–H and O–H groups in total. The number of aliphatic hydroxyl groups is 1. The van der Waals surface area contributed by atoms with Gasteiger partial charge in [0.05, 0.1) is 26.4 Å². The van der Waals surface area contributed by atoms with Crippen molar-refractivity contribution in [3.63, 3.8) is 0 Å². The van der Waals surface area contributed by atoms with Gasteiger partial charge in [0.1, 0.15) is 19.3 Å². The number of phosphoric ester groups is 2. The molecule has 19 heteroatoms. The fourth-order valence-corrected chi connectivity index (χ4v) is 10.4. The normalized spacial score (nSPS) is 14.8. The number of esters is 4. The van der Waals surface area contributed by atoms with Gasteiger partial charge in [0.2, 0.25) is 0 Å². The van der Waals surface area contributed by atoms with Crippen LogP contribution in [0, 0.1) is 11.8 Å². The van der Waals surface area contributed by atoms with Crippen LogP contribution in [0.2, 0.25) is 0 Å². The Morgan fingerprint density at radius 1 is 0.367 bits per heavy atom. The molecule has 0 aliphatic heterocycles. The number of ether oxygens (including phenoxy) is 4. The van der Waals surface area contributed by atoms with Gasteiger partial charge in [-0.25, -0.2) is 9.13 Å². The Bertz CT molecular complexity index is 1570. The maximum atomic E-state index is 12.9. The third kappa shape index (κ3) is 53.8. The number of aliphatic hydroxyl groups excluding tert-OH is 1. The van der Waals surface area contributed by atoms with E-state index in [4.69, 9.17) is 37.0 Å². The Balaban J connectivity index is 5.11. The lowest BCUT2D eigenvalue weighted by Gasteiger charge is -2.21. The number of hydrogen-bond acceptors (Lipinski definition) is 15. The Kier molecular flexibility index (Phi) is 51.5. The average molecular weight is 1170 g/mol. The highest BCUT2D eigenvalue weighted by atomic mass is 31.2. The highest BCUT2D eigenvalue weighted by Crippen LogP contribution is 2.45. The summed E-state index contributed by atoms with van der Waals surface area (Å²) in [4.78, 5) is 71.5. The summed E-state index contributed by atoms with van der Waals surface area (Å²) in [5, 5.41) is 10.5. The lowest BCUT2D eigenvalue weighted by molar-refractivity contribution is -0.161. The maximum absolute atomic E-state index is 12.9. The molecular formula is C60H116O17P2. The molecule has 0 radical (unpaired) electrons. The number of rotatable bonds is 59. The Morgan fingerprint density at radius 3 is 0.962 bits per heavy atom. The van der Waals surface area contributed by atoms with Crippen molar-refractivity contribution >= 4 is 39.5 Å². The van der Waals surface area contributed by atoms with Crippen molar-refractivity contribution < 1.29 is 80.2 Å². The van der Waals surface area contributed by atoms with E-state index < -0.39 is 97.5 Å². The topological polar surface area (TPSA) is 237 Å². The Morgan fingerprint density at radius 2 is 0.646 bits per heavy atom. The summed E-state index contributed by atoms with van der Waals surface area (Å²) in [6.07, 6.45) is 34.2. The van der Waals surface area contributed by atoms with E-state index in [1.807, 2.05) is 0 Å². The molecule has 0 aliphatic carbocycles. The van der Waals surface area contributed by atoms with E-state index in [1.165, 1.54) is 103 Å². The first kappa shape index (κ1) is 77.1. The van der Waals surface area contributed by atoms with Crippen molar-refractivity contribution in [2.75, 3.05) is 39.6 Å². The molecule has 79 heavy (non-hydrogen) atoms. The third-order valence-corrected chi connectivity index (χ3v) is 16.0. The van der Waals surface area contributed by atoms with Gasteiger partial charge in [0.15, 0.2) is 12.2 Å². The summed E-state index contributed by atoms with van der Waals surface area (Å²) < 4.78 is 67.4. The highest BCUT2D eigenvalue weighted by molar-refractivity contribution is 7.47. The minimum Gasteiger partial charge on any atom is -0.462 e. The summed E-state index contributed by atoms with van der Waals surface area (Å²) in [6, 6.07) is 0. The fourth-order valence-electron chi connectivity index (χ4n) is 8.79. The summed E-state index contributed by atoms with van der Waals surface area (Å²) in [7, 11) is -9.86. The van der Waals surface area contributed by atoms with Gasteiger partial charge < -0.3 is 33.8 Å². The molecule has 0 aromatic carbocycles. The van der Waals surface area contributed by atoms with E-state index in [2.05, 4.69) is 41.5 Å². The van der Waals surface area contributed by atoms with E-state index in [1.54, 1.807) is 0 Å². The average Bonchev–Trinajstić information content (AvgIpc) is 3.41. The summed E-state index contributed by atoms with van der Waals surface area (Å²) >= 11 is 0. The van der Waals surface area contributed by atoms with Crippen LogP contribution >= 0.6 is 15.6 Å². The van der Waals surface area contributed by atoms with Crippen LogP contribution in [-0.4, -0.2) is 96.7 Å². The molecule has 0 bridgehead atoms. The number of carbonyl (C=O) groups is 4. The molecule has 0 saturated heterocycles. The van der Waals surface area contributed by atoms with Crippen LogP contribution in [0.1, 0.15) is 292 Å². The molecule has 0 rings (SSSR count). The van der Waals surface area contributed by atoms with Crippen molar-refractivity contribution in [3.8, 4) is 0 Å². The van der Waals surface area contributed by atoms with Gasteiger partial charge in [-0.1, -0.05) is 241 Å². The summed E-state index contributed by atoms with van der Waals surface area (Å²) in [5.41, 5.74) is 0. The minimum atomic E-state index is -4.94. The van der Waals surface area contributed by atoms with E-state index in [9.17, 15) is 43.2 Å².